The second-order valence-corrected chi connectivity index (χ2v) is 16.1. The second-order valence-electron chi connectivity index (χ2n) is 16.1. The molecule has 0 atom stereocenters. The minimum Gasteiger partial charge on any atom is -0.310 e. The minimum absolute atomic E-state index is 0.104. The van der Waals surface area contributed by atoms with Crippen molar-refractivity contribution in [1.29, 1.82) is 0 Å². The van der Waals surface area contributed by atoms with E-state index >= 15 is 0 Å². The van der Waals surface area contributed by atoms with Gasteiger partial charge in [0.2, 0.25) is 0 Å². The van der Waals surface area contributed by atoms with Crippen LogP contribution in [0.5, 0.6) is 0 Å². The third-order valence-electron chi connectivity index (χ3n) is 12.5. The second kappa shape index (κ2) is 10.7. The molecule has 0 radical (unpaired) electrons. The number of rotatable bonds is 3. The number of hydrogen-bond acceptors (Lipinski definition) is 1. The molecule has 0 aliphatic heterocycles. The highest BCUT2D eigenvalue weighted by Crippen LogP contribution is 2.56. The lowest BCUT2D eigenvalue weighted by Gasteiger charge is -2.28. The van der Waals surface area contributed by atoms with Crippen LogP contribution in [0.15, 0.2) is 164 Å². The summed E-state index contributed by atoms with van der Waals surface area (Å²) < 4.78 is 0. The molecule has 2 aliphatic carbocycles. The maximum atomic E-state index is 2.46. The average molecular weight is 678 g/mol. The zero-order valence-electron chi connectivity index (χ0n) is 30.5. The predicted molar refractivity (Wildman–Crippen MR) is 226 cm³/mol. The summed E-state index contributed by atoms with van der Waals surface area (Å²) in [7, 11) is 0. The monoisotopic (exact) mass is 677 g/mol. The molecular weight excluding hydrogens is 639 g/mol. The van der Waals surface area contributed by atoms with Crippen molar-refractivity contribution in [3.63, 3.8) is 0 Å². The van der Waals surface area contributed by atoms with Gasteiger partial charge in [-0.05, 0) is 136 Å². The molecule has 0 amide bonds. The molecule has 2 aliphatic rings. The van der Waals surface area contributed by atoms with Crippen LogP contribution in [-0.2, 0) is 10.8 Å². The van der Waals surface area contributed by atoms with E-state index in [9.17, 15) is 0 Å². The van der Waals surface area contributed by atoms with Crippen molar-refractivity contribution in [2.24, 2.45) is 0 Å². The third kappa shape index (κ3) is 4.14. The van der Waals surface area contributed by atoms with Crippen molar-refractivity contribution < 1.29 is 0 Å². The zero-order chi connectivity index (χ0) is 35.6. The zero-order valence-corrected chi connectivity index (χ0v) is 30.5. The van der Waals surface area contributed by atoms with Gasteiger partial charge in [-0.3, -0.25) is 0 Å². The molecule has 9 aromatic carbocycles. The van der Waals surface area contributed by atoms with Gasteiger partial charge >= 0.3 is 0 Å². The number of fused-ring (bicyclic) bond motifs is 14. The van der Waals surface area contributed by atoms with Crippen molar-refractivity contribution in [2.45, 2.75) is 38.5 Å². The van der Waals surface area contributed by atoms with Crippen LogP contribution in [-0.4, -0.2) is 0 Å². The van der Waals surface area contributed by atoms with Crippen LogP contribution in [0, 0.1) is 0 Å². The number of anilines is 3. The first-order valence-electron chi connectivity index (χ1n) is 18.9. The Morgan fingerprint density at radius 3 is 1.85 bits per heavy atom. The molecule has 0 saturated heterocycles. The summed E-state index contributed by atoms with van der Waals surface area (Å²) in [5.74, 6) is 0. The lowest BCUT2D eigenvalue weighted by Crippen LogP contribution is -2.16. The van der Waals surface area contributed by atoms with Crippen molar-refractivity contribution in [2.75, 3.05) is 4.90 Å². The molecule has 11 rings (SSSR count). The Morgan fingerprint density at radius 1 is 0.340 bits per heavy atom. The summed E-state index contributed by atoms with van der Waals surface area (Å²) in [6.45, 7) is 9.58. The molecule has 1 heteroatoms. The molecule has 0 unspecified atom stereocenters. The first-order valence-corrected chi connectivity index (χ1v) is 18.9. The summed E-state index contributed by atoms with van der Waals surface area (Å²) in [5.41, 5.74) is 14.4. The largest absolute Gasteiger partial charge is 0.310 e. The SMILES string of the molecule is CC1(C)c2cc3cc(N(c4ccccc4)c4ccc5c6c(c7ccccc7c5c4)-c4ccccc4C6(C)C)ccc3cc2-c2ccc3ccccc3c21. The molecular formula is C52H39N. The van der Waals surface area contributed by atoms with Gasteiger partial charge in [0.05, 0.1) is 0 Å². The number of para-hydroxylation sites is 1. The Balaban J connectivity index is 1.12. The van der Waals surface area contributed by atoms with Crippen LogP contribution in [0.2, 0.25) is 0 Å². The third-order valence-corrected chi connectivity index (χ3v) is 12.5. The van der Waals surface area contributed by atoms with Gasteiger partial charge in [-0.15, -0.1) is 0 Å². The van der Waals surface area contributed by atoms with Crippen LogP contribution < -0.4 is 4.90 Å². The maximum Gasteiger partial charge on any atom is 0.0468 e. The van der Waals surface area contributed by atoms with Crippen molar-refractivity contribution in [3.05, 3.63) is 186 Å². The average Bonchev–Trinajstić information content (AvgIpc) is 3.57. The molecule has 0 heterocycles. The normalized spacial score (nSPS) is 14.7. The minimum atomic E-state index is -0.109. The van der Waals surface area contributed by atoms with E-state index in [0.29, 0.717) is 0 Å². The van der Waals surface area contributed by atoms with E-state index in [1.807, 2.05) is 0 Å². The summed E-state index contributed by atoms with van der Waals surface area (Å²) in [4.78, 5) is 2.43. The van der Waals surface area contributed by atoms with Gasteiger partial charge in [-0.25, -0.2) is 0 Å². The van der Waals surface area contributed by atoms with E-state index < -0.39 is 0 Å². The van der Waals surface area contributed by atoms with E-state index in [1.165, 1.54) is 87.6 Å². The van der Waals surface area contributed by atoms with Crippen LogP contribution >= 0.6 is 0 Å². The van der Waals surface area contributed by atoms with E-state index in [1.54, 1.807) is 0 Å². The van der Waals surface area contributed by atoms with Gasteiger partial charge in [0.1, 0.15) is 0 Å². The van der Waals surface area contributed by atoms with Gasteiger partial charge in [0.25, 0.3) is 0 Å². The molecule has 0 aromatic heterocycles. The first kappa shape index (κ1) is 30.4. The van der Waals surface area contributed by atoms with Gasteiger partial charge in [0.15, 0.2) is 0 Å². The van der Waals surface area contributed by atoms with Crippen LogP contribution in [0.25, 0.3) is 65.3 Å². The molecule has 252 valence electrons. The summed E-state index contributed by atoms with van der Waals surface area (Å²) in [5, 5.41) is 10.4. The summed E-state index contributed by atoms with van der Waals surface area (Å²) in [6, 6.07) is 61.3. The fraction of sp³-hybridized carbons (Fsp3) is 0.115. The first-order chi connectivity index (χ1) is 25.8. The quantitative estimate of drug-likeness (QED) is 0.168. The maximum absolute atomic E-state index is 2.46. The lowest BCUT2D eigenvalue weighted by molar-refractivity contribution is 0.666. The lowest BCUT2D eigenvalue weighted by atomic mass is 9.79. The van der Waals surface area contributed by atoms with Crippen LogP contribution in [0.1, 0.15) is 49.9 Å². The summed E-state index contributed by atoms with van der Waals surface area (Å²) in [6.07, 6.45) is 0. The van der Waals surface area contributed by atoms with Gasteiger partial charge in [-0.1, -0.05) is 143 Å². The molecule has 0 bridgehead atoms. The van der Waals surface area contributed by atoms with E-state index in [0.717, 1.165) is 17.1 Å². The van der Waals surface area contributed by atoms with Crippen molar-refractivity contribution in [1.82, 2.24) is 0 Å². The highest BCUT2D eigenvalue weighted by molar-refractivity contribution is 6.19. The van der Waals surface area contributed by atoms with Crippen LogP contribution in [0.4, 0.5) is 17.1 Å². The number of benzene rings is 9. The Bertz CT molecular complexity index is 3000. The molecule has 1 nitrogen and oxygen atoms in total. The molecule has 9 aromatic rings. The predicted octanol–water partition coefficient (Wildman–Crippen LogP) is 14.4. The fourth-order valence-electron chi connectivity index (χ4n) is 10.1. The fourth-order valence-corrected chi connectivity index (χ4v) is 10.1. The molecule has 0 N–H and O–H groups in total. The summed E-state index contributed by atoms with van der Waals surface area (Å²) >= 11 is 0. The van der Waals surface area contributed by atoms with Gasteiger partial charge < -0.3 is 4.90 Å². The Labute approximate surface area is 310 Å². The Kier molecular flexibility index (Phi) is 6.14. The molecule has 0 spiro atoms. The molecule has 0 saturated carbocycles. The van der Waals surface area contributed by atoms with Gasteiger partial charge in [-0.2, -0.15) is 0 Å². The van der Waals surface area contributed by atoms with E-state index in [-0.39, 0.29) is 10.8 Å². The smallest absolute Gasteiger partial charge is 0.0468 e. The van der Waals surface area contributed by atoms with E-state index in [2.05, 4.69) is 196 Å². The highest BCUT2D eigenvalue weighted by Gasteiger charge is 2.39. The molecule has 53 heavy (non-hydrogen) atoms. The van der Waals surface area contributed by atoms with Crippen molar-refractivity contribution >= 4 is 60.2 Å². The number of nitrogens with zero attached hydrogens (tertiary/aromatic N) is 1. The van der Waals surface area contributed by atoms with Gasteiger partial charge in [0, 0.05) is 27.9 Å². The number of hydrogen-bond donors (Lipinski definition) is 0. The topological polar surface area (TPSA) is 3.24 Å². The van der Waals surface area contributed by atoms with Crippen LogP contribution in [0.3, 0.4) is 0 Å². The highest BCUT2D eigenvalue weighted by atomic mass is 15.1. The van der Waals surface area contributed by atoms with Crippen molar-refractivity contribution in [3.8, 4) is 22.3 Å². The Morgan fingerprint density at radius 2 is 1.00 bits per heavy atom. The molecule has 0 fully saturated rings. The van der Waals surface area contributed by atoms with E-state index in [4.69, 9.17) is 0 Å². The standard InChI is InChI=1S/C52H39N/c1-51(2)46-21-13-12-20-43(46)48-40-19-11-10-18-39(40)44-31-37(25-27-41(44)50(48)51)53(35-15-6-5-7-16-35)36-24-22-33-29-45-42-26-23-32-14-8-9-17-38(32)49(42)52(3,4)47(45)30-34(33)28-36/h5-31H,1-4H3. The Hall–Kier alpha value is -6.18.